The maximum atomic E-state index is 11.0. The summed E-state index contributed by atoms with van der Waals surface area (Å²) in [5.74, 6) is -1.37. The van der Waals surface area contributed by atoms with Crippen molar-refractivity contribution in [2.75, 3.05) is 6.54 Å². The van der Waals surface area contributed by atoms with Crippen molar-refractivity contribution >= 4 is 11.8 Å². The molecule has 0 bridgehead atoms. The molecule has 0 radical (unpaired) electrons. The first-order valence-electron chi connectivity index (χ1n) is 4.19. The van der Waals surface area contributed by atoms with E-state index in [-0.39, 0.29) is 12.6 Å². The molecule has 2 N–H and O–H groups in total. The highest BCUT2D eigenvalue weighted by Crippen LogP contribution is 2.17. The van der Waals surface area contributed by atoms with E-state index < -0.39 is 11.8 Å². The number of amides is 2. The first-order chi connectivity index (χ1) is 6.24. The summed E-state index contributed by atoms with van der Waals surface area (Å²) >= 11 is 0. The van der Waals surface area contributed by atoms with Crippen molar-refractivity contribution in [1.29, 1.82) is 5.26 Å². The molecule has 2 amide bonds. The van der Waals surface area contributed by atoms with E-state index in [2.05, 4.69) is 10.6 Å². The van der Waals surface area contributed by atoms with Crippen LogP contribution in [0.25, 0.3) is 0 Å². The fourth-order valence-electron chi connectivity index (χ4n) is 1.00. The summed E-state index contributed by atoms with van der Waals surface area (Å²) in [5, 5.41) is 12.9. The highest BCUT2D eigenvalue weighted by molar-refractivity contribution is 6.35. The average Bonchev–Trinajstić information content (AvgIpc) is 2.06. The van der Waals surface area contributed by atoms with Crippen LogP contribution in [0.15, 0.2) is 0 Å². The van der Waals surface area contributed by atoms with Gasteiger partial charge in [-0.1, -0.05) is 0 Å². The molecular weight excluding hydrogens is 170 g/mol. The van der Waals surface area contributed by atoms with Crippen molar-refractivity contribution in [3.05, 3.63) is 0 Å². The Hall–Kier alpha value is -1.57. The second kappa shape index (κ2) is 4.45. The van der Waals surface area contributed by atoms with Crippen LogP contribution in [0.2, 0.25) is 0 Å². The third-order valence-electron chi connectivity index (χ3n) is 1.97. The number of carbonyl (C=O) groups excluding carboxylic acids is 2. The summed E-state index contributed by atoms with van der Waals surface area (Å²) in [6.45, 7) is -0.128. The SMILES string of the molecule is N#CCNC(=O)C(=O)NC1CCC1. The van der Waals surface area contributed by atoms with Gasteiger partial charge >= 0.3 is 11.8 Å². The molecule has 0 aromatic rings. The Morgan fingerprint density at radius 2 is 2.08 bits per heavy atom. The molecule has 1 rings (SSSR count). The molecule has 0 saturated heterocycles. The fourth-order valence-corrected chi connectivity index (χ4v) is 1.00. The molecule has 0 aromatic heterocycles. The molecule has 0 aromatic carbocycles. The summed E-state index contributed by atoms with van der Waals surface area (Å²) in [4.78, 5) is 21.9. The predicted octanol–water partition coefficient (Wildman–Crippen LogP) is -0.705. The predicted molar refractivity (Wildman–Crippen MR) is 44.4 cm³/mol. The van der Waals surface area contributed by atoms with Crippen LogP contribution in [0.5, 0.6) is 0 Å². The molecule has 5 heteroatoms. The Kier molecular flexibility index (Phi) is 3.26. The summed E-state index contributed by atoms with van der Waals surface area (Å²) in [7, 11) is 0. The van der Waals surface area contributed by atoms with Crippen LogP contribution in [0, 0.1) is 11.3 Å². The van der Waals surface area contributed by atoms with Gasteiger partial charge in [-0.05, 0) is 19.3 Å². The van der Waals surface area contributed by atoms with Crippen LogP contribution < -0.4 is 10.6 Å². The molecule has 13 heavy (non-hydrogen) atoms. The smallest absolute Gasteiger partial charge is 0.310 e. The molecule has 1 saturated carbocycles. The highest BCUT2D eigenvalue weighted by Gasteiger charge is 2.22. The molecule has 5 nitrogen and oxygen atoms in total. The van der Waals surface area contributed by atoms with Gasteiger partial charge < -0.3 is 10.6 Å². The zero-order chi connectivity index (χ0) is 9.68. The topological polar surface area (TPSA) is 82.0 Å². The quantitative estimate of drug-likeness (QED) is 0.436. The third kappa shape index (κ3) is 2.75. The Labute approximate surface area is 76.1 Å². The average molecular weight is 181 g/mol. The maximum absolute atomic E-state index is 11.0. The summed E-state index contributed by atoms with van der Waals surface area (Å²) in [5.41, 5.74) is 0. The lowest BCUT2D eigenvalue weighted by atomic mass is 9.93. The molecule has 1 fully saturated rings. The van der Waals surface area contributed by atoms with Gasteiger partial charge in [-0.2, -0.15) is 5.26 Å². The number of hydrogen-bond acceptors (Lipinski definition) is 3. The zero-order valence-corrected chi connectivity index (χ0v) is 7.17. The van der Waals surface area contributed by atoms with Gasteiger partial charge in [0.25, 0.3) is 0 Å². The van der Waals surface area contributed by atoms with Crippen LogP contribution in [0.4, 0.5) is 0 Å². The lowest BCUT2D eigenvalue weighted by Crippen LogP contribution is -2.47. The lowest BCUT2D eigenvalue weighted by molar-refractivity contribution is -0.139. The van der Waals surface area contributed by atoms with Crippen LogP contribution in [0.1, 0.15) is 19.3 Å². The minimum Gasteiger partial charge on any atom is -0.345 e. The largest absolute Gasteiger partial charge is 0.345 e. The number of hydrogen-bond donors (Lipinski definition) is 2. The second-order valence-electron chi connectivity index (χ2n) is 2.94. The normalized spacial score (nSPS) is 15.3. The van der Waals surface area contributed by atoms with Crippen molar-refractivity contribution in [1.82, 2.24) is 10.6 Å². The number of nitrogens with zero attached hydrogens (tertiary/aromatic N) is 1. The Balaban J connectivity index is 2.21. The van der Waals surface area contributed by atoms with Gasteiger partial charge in [0.05, 0.1) is 6.07 Å². The lowest BCUT2D eigenvalue weighted by Gasteiger charge is -2.25. The fraction of sp³-hybridized carbons (Fsp3) is 0.625. The Morgan fingerprint density at radius 3 is 2.54 bits per heavy atom. The summed E-state index contributed by atoms with van der Waals surface area (Å²) in [6.07, 6.45) is 2.99. The van der Waals surface area contributed by atoms with Crippen LogP contribution >= 0.6 is 0 Å². The minimum atomic E-state index is -0.728. The molecule has 0 aliphatic heterocycles. The van der Waals surface area contributed by atoms with Crippen LogP contribution in [-0.2, 0) is 9.59 Å². The van der Waals surface area contributed by atoms with Crippen molar-refractivity contribution in [3.8, 4) is 6.07 Å². The van der Waals surface area contributed by atoms with Gasteiger partial charge in [0.1, 0.15) is 6.54 Å². The van der Waals surface area contributed by atoms with E-state index in [0.717, 1.165) is 19.3 Å². The Morgan fingerprint density at radius 1 is 1.38 bits per heavy atom. The first kappa shape index (κ1) is 9.52. The van der Waals surface area contributed by atoms with E-state index in [4.69, 9.17) is 5.26 Å². The molecule has 1 aliphatic rings. The van der Waals surface area contributed by atoms with E-state index in [0.29, 0.717) is 0 Å². The second-order valence-corrected chi connectivity index (χ2v) is 2.94. The molecular formula is C8H11N3O2. The van der Waals surface area contributed by atoms with Gasteiger partial charge in [0.2, 0.25) is 0 Å². The third-order valence-corrected chi connectivity index (χ3v) is 1.97. The zero-order valence-electron chi connectivity index (χ0n) is 7.17. The van der Waals surface area contributed by atoms with Crippen LogP contribution in [0.3, 0.4) is 0 Å². The molecule has 0 atom stereocenters. The standard InChI is InChI=1S/C8H11N3O2/c9-4-5-10-7(12)8(13)11-6-2-1-3-6/h6H,1-3,5H2,(H,10,12)(H,11,13). The van der Waals surface area contributed by atoms with Crippen molar-refractivity contribution in [2.24, 2.45) is 0 Å². The molecule has 0 unspecified atom stereocenters. The molecule has 0 heterocycles. The van der Waals surface area contributed by atoms with Crippen molar-refractivity contribution in [2.45, 2.75) is 25.3 Å². The van der Waals surface area contributed by atoms with Crippen LogP contribution in [-0.4, -0.2) is 24.4 Å². The Bertz CT molecular complexity index is 253. The van der Waals surface area contributed by atoms with Gasteiger partial charge in [0, 0.05) is 6.04 Å². The summed E-state index contributed by atoms with van der Waals surface area (Å²) in [6, 6.07) is 1.88. The van der Waals surface area contributed by atoms with E-state index in [9.17, 15) is 9.59 Å². The van der Waals surface area contributed by atoms with E-state index >= 15 is 0 Å². The number of carbonyl (C=O) groups is 2. The monoisotopic (exact) mass is 181 g/mol. The van der Waals surface area contributed by atoms with Gasteiger partial charge in [0.15, 0.2) is 0 Å². The van der Waals surface area contributed by atoms with Gasteiger partial charge in [-0.3, -0.25) is 9.59 Å². The minimum absolute atomic E-state index is 0.128. The highest BCUT2D eigenvalue weighted by atomic mass is 16.2. The molecule has 70 valence electrons. The number of nitrogens with one attached hydrogen (secondary N) is 2. The van der Waals surface area contributed by atoms with E-state index in [1.54, 1.807) is 6.07 Å². The van der Waals surface area contributed by atoms with E-state index in [1.807, 2.05) is 0 Å². The number of rotatable bonds is 2. The summed E-state index contributed by atoms with van der Waals surface area (Å²) < 4.78 is 0. The molecule has 1 aliphatic carbocycles. The van der Waals surface area contributed by atoms with Crippen molar-refractivity contribution < 1.29 is 9.59 Å². The number of nitriles is 1. The molecule has 0 spiro atoms. The first-order valence-corrected chi connectivity index (χ1v) is 4.19. The van der Waals surface area contributed by atoms with E-state index in [1.165, 1.54) is 0 Å². The maximum Gasteiger partial charge on any atom is 0.310 e. The van der Waals surface area contributed by atoms with Gasteiger partial charge in [-0.15, -0.1) is 0 Å². The van der Waals surface area contributed by atoms with Gasteiger partial charge in [-0.25, -0.2) is 0 Å². The van der Waals surface area contributed by atoms with Crippen molar-refractivity contribution in [3.63, 3.8) is 0 Å².